The summed E-state index contributed by atoms with van der Waals surface area (Å²) in [4.78, 5) is 30.6. The van der Waals surface area contributed by atoms with Crippen LogP contribution in [-0.4, -0.2) is 41.5 Å². The zero-order chi connectivity index (χ0) is 13.8. The summed E-state index contributed by atoms with van der Waals surface area (Å²) in [6, 6.07) is 1.86. The van der Waals surface area contributed by atoms with Gasteiger partial charge in [0.15, 0.2) is 0 Å². The quantitative estimate of drug-likeness (QED) is 0.761. The number of ether oxygens (including phenoxy) is 1. The van der Waals surface area contributed by atoms with Crippen molar-refractivity contribution in [2.75, 3.05) is 19.0 Å². The van der Waals surface area contributed by atoms with E-state index < -0.39 is 5.97 Å². The van der Waals surface area contributed by atoms with E-state index in [9.17, 15) is 9.59 Å². The molecule has 0 bridgehead atoms. The van der Waals surface area contributed by atoms with Gasteiger partial charge in [-0.1, -0.05) is 0 Å². The molecule has 7 nitrogen and oxygen atoms in total. The fourth-order valence-electron chi connectivity index (χ4n) is 1.89. The minimum atomic E-state index is -0.566. The monoisotopic (exact) mass is 264 g/mol. The van der Waals surface area contributed by atoms with Crippen molar-refractivity contribution < 1.29 is 14.3 Å². The number of amides is 1. The van der Waals surface area contributed by atoms with Crippen LogP contribution >= 0.6 is 0 Å². The van der Waals surface area contributed by atoms with E-state index in [-0.39, 0.29) is 17.8 Å². The number of hydrogen-bond acceptors (Lipinski definition) is 6. The van der Waals surface area contributed by atoms with Crippen LogP contribution in [0.15, 0.2) is 6.07 Å². The Kier molecular flexibility index (Phi) is 3.94. The Bertz CT molecular complexity index is 494. The average molecular weight is 264 g/mol. The summed E-state index contributed by atoms with van der Waals surface area (Å²) in [6.45, 7) is 2.33. The Labute approximate surface area is 110 Å². The van der Waals surface area contributed by atoms with Crippen LogP contribution in [0, 0.1) is 6.92 Å². The van der Waals surface area contributed by atoms with Crippen molar-refractivity contribution in [1.29, 1.82) is 0 Å². The fourth-order valence-corrected chi connectivity index (χ4v) is 1.89. The Hall–Kier alpha value is -2.18. The average Bonchev–Trinajstić information content (AvgIpc) is 2.40. The van der Waals surface area contributed by atoms with Crippen molar-refractivity contribution in [3.63, 3.8) is 0 Å². The molecule has 1 fully saturated rings. The van der Waals surface area contributed by atoms with E-state index in [4.69, 9.17) is 0 Å². The molecule has 1 aliphatic heterocycles. The second-order valence-corrected chi connectivity index (χ2v) is 4.39. The van der Waals surface area contributed by atoms with Gasteiger partial charge in [0, 0.05) is 30.8 Å². The summed E-state index contributed by atoms with van der Waals surface area (Å²) >= 11 is 0. The molecule has 0 saturated carbocycles. The van der Waals surface area contributed by atoms with Crippen LogP contribution in [0.5, 0.6) is 0 Å². The van der Waals surface area contributed by atoms with E-state index in [1.807, 2.05) is 0 Å². The van der Waals surface area contributed by atoms with Crippen molar-refractivity contribution in [3.8, 4) is 0 Å². The lowest BCUT2D eigenvalue weighted by Gasteiger charge is -2.24. The predicted molar refractivity (Wildman–Crippen MR) is 67.8 cm³/mol. The summed E-state index contributed by atoms with van der Waals surface area (Å²) in [7, 11) is 1.29. The highest BCUT2D eigenvalue weighted by molar-refractivity contribution is 5.85. The Morgan fingerprint density at radius 2 is 2.32 bits per heavy atom. The van der Waals surface area contributed by atoms with Gasteiger partial charge in [0.25, 0.3) is 0 Å². The van der Waals surface area contributed by atoms with E-state index in [1.54, 1.807) is 13.0 Å². The van der Waals surface area contributed by atoms with Gasteiger partial charge >= 0.3 is 5.97 Å². The number of piperidine rings is 1. The number of rotatable bonds is 3. The summed E-state index contributed by atoms with van der Waals surface area (Å²) < 4.78 is 4.60. The molecular formula is C12H16N4O3. The Morgan fingerprint density at radius 1 is 1.53 bits per heavy atom. The highest BCUT2D eigenvalue weighted by Crippen LogP contribution is 2.12. The lowest BCUT2D eigenvalue weighted by atomic mass is 10.1. The molecule has 1 aromatic rings. The summed E-state index contributed by atoms with van der Waals surface area (Å²) in [5.74, 6) is 0.0924. The van der Waals surface area contributed by atoms with Crippen molar-refractivity contribution in [2.24, 2.45) is 0 Å². The van der Waals surface area contributed by atoms with Gasteiger partial charge < -0.3 is 15.4 Å². The molecule has 0 aliphatic carbocycles. The van der Waals surface area contributed by atoms with Crippen LogP contribution in [0.1, 0.15) is 29.2 Å². The van der Waals surface area contributed by atoms with E-state index in [0.29, 0.717) is 24.5 Å². The first-order chi connectivity index (χ1) is 9.08. The molecular weight excluding hydrogens is 248 g/mol. The van der Waals surface area contributed by atoms with E-state index >= 15 is 0 Å². The van der Waals surface area contributed by atoms with Crippen molar-refractivity contribution in [3.05, 3.63) is 17.6 Å². The van der Waals surface area contributed by atoms with Crippen molar-refractivity contribution >= 4 is 17.7 Å². The number of carbonyl (C=O) groups excluding carboxylic acids is 2. The zero-order valence-electron chi connectivity index (χ0n) is 10.9. The number of aryl methyl sites for hydroxylation is 1. The van der Waals surface area contributed by atoms with Gasteiger partial charge in [-0.15, -0.1) is 0 Å². The van der Waals surface area contributed by atoms with E-state index in [0.717, 1.165) is 6.42 Å². The maximum Gasteiger partial charge on any atom is 0.376 e. The summed E-state index contributed by atoms with van der Waals surface area (Å²) in [6.07, 6.45) is 1.23. The molecule has 0 spiro atoms. The molecule has 0 radical (unpaired) electrons. The predicted octanol–water partition coefficient (Wildman–Crippen LogP) is 0.262. The molecule has 1 aromatic heterocycles. The molecule has 19 heavy (non-hydrogen) atoms. The van der Waals surface area contributed by atoms with Gasteiger partial charge in [-0.25, -0.2) is 14.8 Å². The molecule has 2 rings (SSSR count). The van der Waals surface area contributed by atoms with Crippen molar-refractivity contribution in [2.45, 2.75) is 25.8 Å². The minimum Gasteiger partial charge on any atom is -0.463 e. The SMILES string of the molecule is COC(=O)c1nc(C)cc(NC2CCC(=O)NC2)n1. The Balaban J connectivity index is 2.09. The number of methoxy groups -OCH3 is 1. The van der Waals surface area contributed by atoms with Crippen LogP contribution in [0.25, 0.3) is 0 Å². The first kappa shape index (κ1) is 13.3. The third kappa shape index (κ3) is 3.40. The molecule has 7 heteroatoms. The van der Waals surface area contributed by atoms with Gasteiger partial charge in [0.1, 0.15) is 5.82 Å². The van der Waals surface area contributed by atoms with Gasteiger partial charge in [-0.05, 0) is 13.3 Å². The molecule has 1 unspecified atom stereocenters. The summed E-state index contributed by atoms with van der Waals surface area (Å²) in [5, 5.41) is 5.97. The normalized spacial score (nSPS) is 18.6. The second kappa shape index (κ2) is 5.64. The van der Waals surface area contributed by atoms with Gasteiger partial charge in [0.05, 0.1) is 7.11 Å². The molecule has 102 valence electrons. The molecule has 2 N–H and O–H groups in total. The Morgan fingerprint density at radius 3 is 2.95 bits per heavy atom. The maximum absolute atomic E-state index is 11.4. The second-order valence-electron chi connectivity index (χ2n) is 4.39. The lowest BCUT2D eigenvalue weighted by Crippen LogP contribution is -2.42. The van der Waals surface area contributed by atoms with E-state index in [2.05, 4.69) is 25.3 Å². The molecule has 1 aliphatic rings. The third-order valence-electron chi connectivity index (χ3n) is 2.84. The van der Waals surface area contributed by atoms with Crippen LogP contribution in [0.3, 0.4) is 0 Å². The lowest BCUT2D eigenvalue weighted by molar-refractivity contribution is -0.122. The number of aromatic nitrogens is 2. The summed E-state index contributed by atoms with van der Waals surface area (Å²) in [5.41, 5.74) is 0.678. The van der Waals surface area contributed by atoms with Crippen LogP contribution in [0.4, 0.5) is 5.82 Å². The molecule has 0 aromatic carbocycles. The molecule has 1 atom stereocenters. The molecule has 2 heterocycles. The van der Waals surface area contributed by atoms with Crippen molar-refractivity contribution in [1.82, 2.24) is 15.3 Å². The first-order valence-electron chi connectivity index (χ1n) is 6.05. The van der Waals surface area contributed by atoms with E-state index in [1.165, 1.54) is 7.11 Å². The number of nitrogens with one attached hydrogen (secondary N) is 2. The number of hydrogen-bond donors (Lipinski definition) is 2. The molecule has 1 saturated heterocycles. The van der Waals surface area contributed by atoms with Gasteiger partial charge in [-0.2, -0.15) is 0 Å². The number of anilines is 1. The highest BCUT2D eigenvalue weighted by atomic mass is 16.5. The first-order valence-corrected chi connectivity index (χ1v) is 6.05. The highest BCUT2D eigenvalue weighted by Gasteiger charge is 2.19. The third-order valence-corrected chi connectivity index (χ3v) is 2.84. The van der Waals surface area contributed by atoms with Gasteiger partial charge in [-0.3, -0.25) is 4.79 Å². The largest absolute Gasteiger partial charge is 0.463 e. The van der Waals surface area contributed by atoms with Crippen LogP contribution in [0.2, 0.25) is 0 Å². The standard InChI is InChI=1S/C12H16N4O3/c1-7-5-9(16-11(14-7)12(18)19-2)15-8-3-4-10(17)13-6-8/h5,8H,3-4,6H2,1-2H3,(H,13,17)(H,14,15,16). The van der Waals surface area contributed by atoms with Gasteiger partial charge in [0.2, 0.25) is 11.7 Å². The van der Waals surface area contributed by atoms with Crippen LogP contribution in [-0.2, 0) is 9.53 Å². The topological polar surface area (TPSA) is 93.2 Å². The zero-order valence-corrected chi connectivity index (χ0v) is 10.9. The van der Waals surface area contributed by atoms with Crippen LogP contribution < -0.4 is 10.6 Å². The number of nitrogens with zero attached hydrogens (tertiary/aromatic N) is 2. The fraction of sp³-hybridized carbons (Fsp3) is 0.500. The maximum atomic E-state index is 11.4. The molecule has 1 amide bonds. The minimum absolute atomic E-state index is 0.0323. The smallest absolute Gasteiger partial charge is 0.376 e. The number of carbonyl (C=O) groups is 2. The number of esters is 1.